The maximum Gasteiger partial charge on any atom is 0.242 e. The molecule has 0 fully saturated rings. The Morgan fingerprint density at radius 1 is 1.43 bits per heavy atom. The van der Waals surface area contributed by atoms with Crippen LogP contribution < -0.4 is 20.1 Å². The second-order valence-electron chi connectivity index (χ2n) is 5.71. The van der Waals surface area contributed by atoms with Crippen LogP contribution in [0.3, 0.4) is 0 Å². The summed E-state index contributed by atoms with van der Waals surface area (Å²) in [5, 5.41) is 5.53. The minimum atomic E-state index is -0.550. The molecule has 0 saturated carbocycles. The van der Waals surface area contributed by atoms with Crippen molar-refractivity contribution in [2.24, 2.45) is 5.92 Å². The van der Waals surface area contributed by atoms with Gasteiger partial charge in [0.15, 0.2) is 0 Å². The van der Waals surface area contributed by atoms with E-state index in [0.717, 1.165) is 23.5 Å². The summed E-state index contributed by atoms with van der Waals surface area (Å²) in [5.41, 5.74) is 0.972. The lowest BCUT2D eigenvalue weighted by Crippen LogP contribution is -2.48. The highest BCUT2D eigenvalue weighted by atomic mass is 16.5. The van der Waals surface area contributed by atoms with Crippen molar-refractivity contribution in [1.82, 2.24) is 10.6 Å². The number of hydrogen-bond donors (Lipinski definition) is 2. The molecule has 1 heterocycles. The highest BCUT2D eigenvalue weighted by Gasteiger charge is 2.28. The molecule has 23 heavy (non-hydrogen) atoms. The molecular formula is C17H24N2O4. The Morgan fingerprint density at radius 3 is 2.91 bits per heavy atom. The van der Waals surface area contributed by atoms with Crippen LogP contribution in [0.25, 0.3) is 0 Å². The molecule has 0 aliphatic carbocycles. The fourth-order valence-electron chi connectivity index (χ4n) is 2.45. The monoisotopic (exact) mass is 320 g/mol. The number of methoxy groups -OCH3 is 1. The van der Waals surface area contributed by atoms with Gasteiger partial charge in [-0.1, -0.05) is 13.0 Å². The number of carbonyl (C=O) groups is 2. The van der Waals surface area contributed by atoms with E-state index in [1.807, 2.05) is 25.1 Å². The van der Waals surface area contributed by atoms with Crippen molar-refractivity contribution in [2.75, 3.05) is 20.3 Å². The summed E-state index contributed by atoms with van der Waals surface area (Å²) in [5.74, 6) is 0.861. The molecule has 0 radical (unpaired) electrons. The van der Waals surface area contributed by atoms with E-state index >= 15 is 0 Å². The minimum Gasteiger partial charge on any atom is -0.497 e. The van der Waals surface area contributed by atoms with Gasteiger partial charge < -0.3 is 20.1 Å². The molecule has 6 heteroatoms. The first-order valence-corrected chi connectivity index (χ1v) is 7.93. The molecule has 1 aromatic rings. The van der Waals surface area contributed by atoms with E-state index in [2.05, 4.69) is 10.6 Å². The second-order valence-corrected chi connectivity index (χ2v) is 5.71. The Labute approximate surface area is 136 Å². The van der Waals surface area contributed by atoms with Crippen molar-refractivity contribution < 1.29 is 19.1 Å². The molecule has 2 amide bonds. The van der Waals surface area contributed by atoms with E-state index in [-0.39, 0.29) is 17.7 Å². The first-order valence-electron chi connectivity index (χ1n) is 7.93. The summed E-state index contributed by atoms with van der Waals surface area (Å²) in [6, 6.07) is 5.03. The van der Waals surface area contributed by atoms with Crippen molar-refractivity contribution in [3.63, 3.8) is 0 Å². The molecule has 0 aromatic heterocycles. The van der Waals surface area contributed by atoms with Crippen molar-refractivity contribution in [1.29, 1.82) is 0 Å². The zero-order valence-corrected chi connectivity index (χ0v) is 13.8. The summed E-state index contributed by atoms with van der Waals surface area (Å²) in [4.78, 5) is 24.1. The molecule has 0 spiro atoms. The smallest absolute Gasteiger partial charge is 0.242 e. The van der Waals surface area contributed by atoms with E-state index in [1.165, 1.54) is 0 Å². The van der Waals surface area contributed by atoms with Crippen LogP contribution in [0.15, 0.2) is 18.2 Å². The van der Waals surface area contributed by atoms with Gasteiger partial charge in [0.05, 0.1) is 13.0 Å². The maximum absolute atomic E-state index is 12.3. The zero-order valence-electron chi connectivity index (χ0n) is 13.8. The third-order valence-electron chi connectivity index (χ3n) is 3.85. The van der Waals surface area contributed by atoms with E-state index in [1.54, 1.807) is 14.0 Å². The van der Waals surface area contributed by atoms with Crippen LogP contribution in [-0.4, -0.2) is 38.1 Å². The first kappa shape index (κ1) is 17.1. The number of hydrogen-bond acceptors (Lipinski definition) is 4. The Kier molecular flexibility index (Phi) is 5.84. The molecule has 1 aliphatic rings. The van der Waals surface area contributed by atoms with Crippen LogP contribution >= 0.6 is 0 Å². The van der Waals surface area contributed by atoms with E-state index in [0.29, 0.717) is 19.6 Å². The van der Waals surface area contributed by atoms with Gasteiger partial charge in [-0.05, 0) is 31.4 Å². The van der Waals surface area contributed by atoms with Crippen LogP contribution in [0.4, 0.5) is 0 Å². The van der Waals surface area contributed by atoms with Gasteiger partial charge in [0.25, 0.3) is 0 Å². The van der Waals surface area contributed by atoms with Crippen molar-refractivity contribution in [2.45, 2.75) is 32.7 Å². The SMILES string of the molecule is CCCNC(=O)[C@H](C)NC(=O)[C@@H]1COc2cc(OC)ccc2C1. The summed E-state index contributed by atoms with van der Waals surface area (Å²) in [6.07, 6.45) is 1.46. The van der Waals surface area contributed by atoms with Crippen LogP contribution in [0.1, 0.15) is 25.8 Å². The summed E-state index contributed by atoms with van der Waals surface area (Å²) in [7, 11) is 1.60. The lowest BCUT2D eigenvalue weighted by Gasteiger charge is -2.26. The van der Waals surface area contributed by atoms with Crippen LogP contribution in [0, 0.1) is 5.92 Å². The van der Waals surface area contributed by atoms with Crippen molar-refractivity contribution in [3.05, 3.63) is 23.8 Å². The topological polar surface area (TPSA) is 76.7 Å². The van der Waals surface area contributed by atoms with Crippen molar-refractivity contribution in [3.8, 4) is 11.5 Å². The average Bonchev–Trinajstić information content (AvgIpc) is 2.58. The number of amides is 2. The molecular weight excluding hydrogens is 296 g/mol. The third kappa shape index (κ3) is 4.37. The quantitative estimate of drug-likeness (QED) is 0.828. The fraction of sp³-hybridized carbons (Fsp3) is 0.529. The number of nitrogens with one attached hydrogen (secondary N) is 2. The highest BCUT2D eigenvalue weighted by Crippen LogP contribution is 2.31. The molecule has 126 valence electrons. The molecule has 0 saturated heterocycles. The largest absolute Gasteiger partial charge is 0.497 e. The van der Waals surface area contributed by atoms with Crippen LogP contribution in [0.5, 0.6) is 11.5 Å². The fourth-order valence-corrected chi connectivity index (χ4v) is 2.45. The van der Waals surface area contributed by atoms with E-state index in [9.17, 15) is 9.59 Å². The number of ether oxygens (including phenoxy) is 2. The summed E-state index contributed by atoms with van der Waals surface area (Å²) >= 11 is 0. The molecule has 2 N–H and O–H groups in total. The van der Waals surface area contributed by atoms with E-state index < -0.39 is 6.04 Å². The van der Waals surface area contributed by atoms with Gasteiger partial charge in [-0.15, -0.1) is 0 Å². The number of carbonyl (C=O) groups excluding carboxylic acids is 2. The standard InChI is InChI=1S/C17H24N2O4/c1-4-7-18-16(20)11(2)19-17(21)13-8-12-5-6-14(22-3)9-15(12)23-10-13/h5-6,9,11,13H,4,7-8,10H2,1-3H3,(H,18,20)(H,19,21)/t11-,13-/m0/s1. The molecule has 6 nitrogen and oxygen atoms in total. The molecule has 2 rings (SSSR count). The second kappa shape index (κ2) is 7.85. The van der Waals surface area contributed by atoms with Gasteiger partial charge in [0, 0.05) is 12.6 Å². The van der Waals surface area contributed by atoms with Gasteiger partial charge in [0.1, 0.15) is 24.1 Å². The number of benzene rings is 1. The molecule has 0 bridgehead atoms. The lowest BCUT2D eigenvalue weighted by molar-refractivity contribution is -0.131. The van der Waals surface area contributed by atoms with Crippen LogP contribution in [-0.2, 0) is 16.0 Å². The Hall–Kier alpha value is -2.24. The Bertz CT molecular complexity index is 574. The minimum absolute atomic E-state index is 0.161. The predicted molar refractivity (Wildman–Crippen MR) is 86.6 cm³/mol. The Balaban J connectivity index is 1.92. The van der Waals surface area contributed by atoms with Gasteiger partial charge in [0.2, 0.25) is 11.8 Å². The van der Waals surface area contributed by atoms with Gasteiger partial charge in [-0.3, -0.25) is 9.59 Å². The third-order valence-corrected chi connectivity index (χ3v) is 3.85. The Morgan fingerprint density at radius 2 is 2.22 bits per heavy atom. The van der Waals surface area contributed by atoms with Gasteiger partial charge >= 0.3 is 0 Å². The van der Waals surface area contributed by atoms with E-state index in [4.69, 9.17) is 9.47 Å². The predicted octanol–water partition coefficient (Wildman–Crippen LogP) is 1.28. The summed E-state index contributed by atoms with van der Waals surface area (Å²) < 4.78 is 10.8. The van der Waals surface area contributed by atoms with Crippen molar-refractivity contribution >= 4 is 11.8 Å². The highest BCUT2D eigenvalue weighted by molar-refractivity contribution is 5.88. The molecule has 1 aliphatic heterocycles. The molecule has 1 aromatic carbocycles. The molecule has 0 unspecified atom stereocenters. The zero-order chi connectivity index (χ0) is 16.8. The van der Waals surface area contributed by atoms with Gasteiger partial charge in [-0.2, -0.15) is 0 Å². The average molecular weight is 320 g/mol. The summed E-state index contributed by atoms with van der Waals surface area (Å²) in [6.45, 7) is 4.58. The number of fused-ring (bicyclic) bond motifs is 1. The maximum atomic E-state index is 12.3. The van der Waals surface area contributed by atoms with Gasteiger partial charge in [-0.25, -0.2) is 0 Å². The van der Waals surface area contributed by atoms with Crippen LogP contribution in [0.2, 0.25) is 0 Å². The molecule has 2 atom stereocenters. The first-order chi connectivity index (χ1) is 11.0. The lowest BCUT2D eigenvalue weighted by atomic mass is 9.95. The number of rotatable bonds is 6. The normalized spacial score (nSPS) is 17.4.